The van der Waals surface area contributed by atoms with Gasteiger partial charge in [-0.25, -0.2) is 9.38 Å². The van der Waals surface area contributed by atoms with Crippen LogP contribution in [0.4, 0.5) is 4.39 Å². The Labute approximate surface area is 170 Å². The van der Waals surface area contributed by atoms with E-state index in [1.54, 1.807) is 6.07 Å². The van der Waals surface area contributed by atoms with Gasteiger partial charge < -0.3 is 20.1 Å². The van der Waals surface area contributed by atoms with Gasteiger partial charge in [-0.3, -0.25) is 5.10 Å². The fourth-order valence-corrected chi connectivity index (χ4v) is 3.54. The SMILES string of the molecule is C=C(/C=C(\N=CN)N1[C@H](C)COC[C@H]1C)c1n[nH]c2cc(F)c(OC(C)C)cc12. The molecule has 3 rings (SSSR count). The number of hydrogen-bond acceptors (Lipinski definition) is 5. The lowest BCUT2D eigenvalue weighted by molar-refractivity contribution is -0.0188. The fourth-order valence-electron chi connectivity index (χ4n) is 3.54. The summed E-state index contributed by atoms with van der Waals surface area (Å²) in [6.45, 7) is 13.2. The summed E-state index contributed by atoms with van der Waals surface area (Å²) < 4.78 is 25.4. The molecule has 7 nitrogen and oxygen atoms in total. The first-order valence-corrected chi connectivity index (χ1v) is 9.67. The molecule has 1 fully saturated rings. The molecule has 156 valence electrons. The van der Waals surface area contributed by atoms with Crippen molar-refractivity contribution in [2.75, 3.05) is 13.2 Å². The van der Waals surface area contributed by atoms with Gasteiger partial charge in [0.1, 0.15) is 5.82 Å². The second kappa shape index (κ2) is 8.65. The van der Waals surface area contributed by atoms with Crippen molar-refractivity contribution in [2.45, 2.75) is 45.9 Å². The minimum Gasteiger partial charge on any atom is -0.488 e. The second-order valence-corrected chi connectivity index (χ2v) is 7.52. The van der Waals surface area contributed by atoms with Crippen LogP contribution >= 0.6 is 0 Å². The van der Waals surface area contributed by atoms with Crippen molar-refractivity contribution in [1.82, 2.24) is 15.1 Å². The topological polar surface area (TPSA) is 88.8 Å². The third-order valence-electron chi connectivity index (χ3n) is 4.72. The summed E-state index contributed by atoms with van der Waals surface area (Å²) in [5, 5.41) is 7.92. The van der Waals surface area contributed by atoms with Gasteiger partial charge in [-0.05, 0) is 45.4 Å². The van der Waals surface area contributed by atoms with E-state index in [4.69, 9.17) is 15.2 Å². The molecule has 8 heteroatoms. The minimum atomic E-state index is -0.438. The minimum absolute atomic E-state index is 0.137. The van der Waals surface area contributed by atoms with Gasteiger partial charge in [-0.15, -0.1) is 0 Å². The highest BCUT2D eigenvalue weighted by atomic mass is 19.1. The third-order valence-corrected chi connectivity index (χ3v) is 4.72. The molecule has 1 aromatic heterocycles. The highest BCUT2D eigenvalue weighted by molar-refractivity contribution is 5.93. The van der Waals surface area contributed by atoms with Crippen molar-refractivity contribution < 1.29 is 13.9 Å². The van der Waals surface area contributed by atoms with Gasteiger partial charge >= 0.3 is 0 Å². The van der Waals surface area contributed by atoms with E-state index in [-0.39, 0.29) is 23.9 Å². The van der Waals surface area contributed by atoms with Crippen LogP contribution in [0.25, 0.3) is 16.5 Å². The number of rotatable bonds is 6. The zero-order chi connectivity index (χ0) is 21.1. The van der Waals surface area contributed by atoms with E-state index < -0.39 is 5.82 Å². The molecule has 29 heavy (non-hydrogen) atoms. The van der Waals surface area contributed by atoms with Crippen LogP contribution in [0.3, 0.4) is 0 Å². The molecule has 0 aliphatic carbocycles. The lowest BCUT2D eigenvalue weighted by Crippen LogP contribution is -2.48. The number of hydrogen-bond donors (Lipinski definition) is 2. The first-order chi connectivity index (χ1) is 13.8. The van der Waals surface area contributed by atoms with E-state index in [1.165, 1.54) is 12.4 Å². The van der Waals surface area contributed by atoms with E-state index in [2.05, 4.69) is 40.5 Å². The molecule has 1 saturated heterocycles. The predicted octanol–water partition coefficient (Wildman–Crippen LogP) is 3.44. The number of nitrogens with two attached hydrogens (primary N) is 1. The number of nitrogens with zero attached hydrogens (tertiary/aromatic N) is 3. The fraction of sp³-hybridized carbons (Fsp3) is 0.429. The summed E-state index contributed by atoms with van der Waals surface area (Å²) in [6, 6.07) is 3.30. The molecule has 0 amide bonds. The third kappa shape index (κ3) is 4.42. The van der Waals surface area contributed by atoms with E-state index in [0.717, 1.165) is 5.39 Å². The Balaban J connectivity index is 2.00. The van der Waals surface area contributed by atoms with Crippen molar-refractivity contribution in [3.05, 3.63) is 42.1 Å². The standard InChI is InChI=1S/C21H28FN5O2/c1-12(2)29-19-7-16-18(8-17(19)22)25-26-21(16)13(3)6-20(24-11-23)27-14(4)9-28-10-15(27)5/h6-8,11-12,14-15H,3,9-10H2,1-2,4-5H3,(H2,23,24)(H,25,26)/b20-6+/t14-,15-/m1/s1. The Morgan fingerprint density at radius 2 is 2.10 bits per heavy atom. The van der Waals surface area contributed by atoms with Crippen LogP contribution in [0, 0.1) is 5.82 Å². The number of halogens is 1. The number of aliphatic imine (C=N–C) groups is 1. The molecule has 1 aliphatic heterocycles. The molecule has 2 heterocycles. The molecule has 0 unspecified atom stereocenters. The molecular weight excluding hydrogens is 373 g/mol. The molecule has 1 aromatic carbocycles. The zero-order valence-electron chi connectivity index (χ0n) is 17.3. The molecule has 1 aliphatic rings. The van der Waals surface area contributed by atoms with Crippen LogP contribution < -0.4 is 10.5 Å². The molecule has 2 atom stereocenters. The quantitative estimate of drug-likeness (QED) is 0.440. The molecule has 0 spiro atoms. The molecule has 0 bridgehead atoms. The summed E-state index contributed by atoms with van der Waals surface area (Å²) in [7, 11) is 0. The van der Waals surface area contributed by atoms with Gasteiger partial charge in [-0.1, -0.05) is 6.58 Å². The first-order valence-electron chi connectivity index (χ1n) is 9.67. The van der Waals surface area contributed by atoms with E-state index >= 15 is 0 Å². The van der Waals surface area contributed by atoms with Crippen LogP contribution in [-0.4, -0.2) is 52.8 Å². The summed E-state index contributed by atoms with van der Waals surface area (Å²) in [5.74, 6) is 0.423. The molecule has 3 N–H and O–H groups in total. The smallest absolute Gasteiger partial charge is 0.167 e. The number of H-pyrrole nitrogens is 1. The maximum Gasteiger partial charge on any atom is 0.167 e. The van der Waals surface area contributed by atoms with Crippen molar-refractivity contribution in [2.24, 2.45) is 10.7 Å². The van der Waals surface area contributed by atoms with E-state index in [9.17, 15) is 4.39 Å². The Morgan fingerprint density at radius 1 is 1.41 bits per heavy atom. The van der Waals surface area contributed by atoms with Crippen LogP contribution in [0.15, 0.2) is 35.6 Å². The zero-order valence-corrected chi connectivity index (χ0v) is 17.3. The van der Waals surface area contributed by atoms with Gasteiger partial charge in [0.2, 0.25) is 0 Å². The number of morpholine rings is 1. The van der Waals surface area contributed by atoms with Gasteiger partial charge in [0.25, 0.3) is 0 Å². The second-order valence-electron chi connectivity index (χ2n) is 7.52. The highest BCUT2D eigenvalue weighted by Crippen LogP contribution is 2.31. The molecular formula is C21H28FN5O2. The van der Waals surface area contributed by atoms with Crippen LogP contribution in [0.1, 0.15) is 33.4 Å². The lowest BCUT2D eigenvalue weighted by atomic mass is 10.1. The number of aromatic nitrogens is 2. The average molecular weight is 401 g/mol. The molecule has 0 radical (unpaired) electrons. The first kappa shape index (κ1) is 20.9. The predicted molar refractivity (Wildman–Crippen MR) is 113 cm³/mol. The van der Waals surface area contributed by atoms with Crippen molar-refractivity contribution >= 4 is 22.8 Å². The number of nitrogens with one attached hydrogen (secondary N) is 1. The lowest BCUT2D eigenvalue weighted by Gasteiger charge is -2.40. The number of fused-ring (bicyclic) bond motifs is 1. The maximum atomic E-state index is 14.3. The average Bonchev–Trinajstić information content (AvgIpc) is 3.04. The summed E-state index contributed by atoms with van der Waals surface area (Å²) in [5.41, 5.74) is 7.40. The van der Waals surface area contributed by atoms with Crippen molar-refractivity contribution in [3.63, 3.8) is 0 Å². The van der Waals surface area contributed by atoms with Gasteiger partial charge in [-0.2, -0.15) is 5.10 Å². The number of aromatic amines is 1. The Morgan fingerprint density at radius 3 is 2.72 bits per heavy atom. The molecule has 2 aromatic rings. The Bertz CT molecular complexity index is 940. The Hall–Kier alpha value is -2.87. The van der Waals surface area contributed by atoms with Gasteiger partial charge in [0, 0.05) is 11.5 Å². The van der Waals surface area contributed by atoms with Crippen molar-refractivity contribution in [3.8, 4) is 5.75 Å². The van der Waals surface area contributed by atoms with Crippen molar-refractivity contribution in [1.29, 1.82) is 0 Å². The summed E-state index contributed by atoms with van der Waals surface area (Å²) >= 11 is 0. The number of ether oxygens (including phenoxy) is 2. The largest absolute Gasteiger partial charge is 0.488 e. The van der Waals surface area contributed by atoms with E-state index in [1.807, 2.05) is 19.9 Å². The van der Waals surface area contributed by atoms with Crippen LogP contribution in [0.5, 0.6) is 5.75 Å². The number of benzene rings is 1. The number of allylic oxidation sites excluding steroid dienone is 2. The normalized spacial score (nSPS) is 20.8. The monoisotopic (exact) mass is 401 g/mol. The van der Waals surface area contributed by atoms with E-state index in [0.29, 0.717) is 35.8 Å². The summed E-state index contributed by atoms with van der Waals surface area (Å²) in [4.78, 5) is 6.50. The van der Waals surface area contributed by atoms with Gasteiger partial charge in [0.05, 0.1) is 49.0 Å². The maximum absolute atomic E-state index is 14.3. The highest BCUT2D eigenvalue weighted by Gasteiger charge is 2.27. The summed E-state index contributed by atoms with van der Waals surface area (Å²) in [6.07, 6.45) is 2.96. The molecule has 0 saturated carbocycles. The Kier molecular flexibility index (Phi) is 6.22. The van der Waals surface area contributed by atoms with Gasteiger partial charge in [0.15, 0.2) is 11.6 Å². The van der Waals surface area contributed by atoms with Crippen LogP contribution in [0.2, 0.25) is 0 Å². The van der Waals surface area contributed by atoms with Crippen LogP contribution in [-0.2, 0) is 4.74 Å².